The van der Waals surface area contributed by atoms with Gasteiger partial charge in [0.25, 0.3) is 0 Å². The summed E-state index contributed by atoms with van der Waals surface area (Å²) < 4.78 is 95.8. The van der Waals surface area contributed by atoms with Gasteiger partial charge >= 0.3 is 0 Å². The molecule has 0 amide bonds. The highest BCUT2D eigenvalue weighted by Gasteiger charge is 2.62. The van der Waals surface area contributed by atoms with E-state index in [0.717, 1.165) is 163 Å². The first-order valence-corrected chi connectivity index (χ1v) is 47.1. The zero-order valence-electron chi connectivity index (χ0n) is 74.4. The first-order chi connectivity index (χ1) is 61.8. The van der Waals surface area contributed by atoms with Gasteiger partial charge in [0.15, 0.2) is 40.6 Å². The van der Waals surface area contributed by atoms with Crippen molar-refractivity contribution in [2.45, 2.75) is 244 Å². The number of benzene rings is 4. The smallest absolute Gasteiger partial charge is 0.171 e. The van der Waals surface area contributed by atoms with Crippen LogP contribution in [0.5, 0.6) is 0 Å². The number of hydrogen-bond acceptors (Lipinski definition) is 17. The Balaban J connectivity index is 0.000000117. The minimum absolute atomic E-state index is 0. The van der Waals surface area contributed by atoms with Crippen LogP contribution in [0.1, 0.15) is 242 Å². The summed E-state index contributed by atoms with van der Waals surface area (Å²) in [6.07, 6.45) is 25.0. The molecule has 0 N–H and O–H groups in total. The lowest BCUT2D eigenvalue weighted by Crippen LogP contribution is -2.56. The number of allylic oxidation sites excluding steroid dienone is 1. The molecule has 17 nitrogen and oxygen atoms in total. The van der Waals surface area contributed by atoms with E-state index in [1.807, 2.05) is 60.9 Å². The molecule has 6 aromatic heterocycles. The molecule has 10 aliphatic carbocycles. The van der Waals surface area contributed by atoms with Crippen LogP contribution in [-0.4, -0.2) is 113 Å². The lowest BCUT2D eigenvalue weighted by molar-refractivity contribution is -0.241. The van der Waals surface area contributed by atoms with Gasteiger partial charge in [0, 0.05) is 168 Å². The summed E-state index contributed by atoms with van der Waals surface area (Å²) in [5.74, 6) is 2.78. The largest absolute Gasteiger partial charge is 0.347 e. The molecule has 3 spiro atoms. The number of hydrogen-bond donors (Lipinski definition) is 0. The van der Waals surface area contributed by atoms with Crippen molar-refractivity contribution < 1.29 is 55.6 Å². The summed E-state index contributed by atoms with van der Waals surface area (Å²) in [6.45, 7) is 21.6. The summed E-state index contributed by atoms with van der Waals surface area (Å²) in [6, 6.07) is 39.1. The molecule has 13 aliphatic rings. The maximum absolute atomic E-state index is 15.1. The van der Waals surface area contributed by atoms with Gasteiger partial charge in [-0.3, -0.25) is 19.6 Å². The quantitative estimate of drug-likeness (QED) is 0.0748. The Morgan fingerprint density at radius 3 is 1.12 bits per heavy atom. The minimum atomic E-state index is -0.503. The van der Waals surface area contributed by atoms with Crippen molar-refractivity contribution in [1.82, 2.24) is 44.9 Å². The monoisotopic (exact) mass is 1780 g/mol. The Hall–Kier alpha value is -9.58. The van der Waals surface area contributed by atoms with Crippen LogP contribution in [0.4, 0.5) is 17.6 Å². The van der Waals surface area contributed by atoms with Crippen molar-refractivity contribution >= 4 is 29.2 Å². The number of aromatic nitrogens is 9. The summed E-state index contributed by atoms with van der Waals surface area (Å²) in [7, 11) is 0. The maximum Gasteiger partial charge on any atom is 0.171 e. The van der Waals surface area contributed by atoms with E-state index in [9.17, 15) is 18.4 Å². The molecule has 10 fully saturated rings. The molecule has 680 valence electrons. The lowest BCUT2D eigenvalue weighted by atomic mass is 9.54. The number of halogens is 5. The van der Waals surface area contributed by atoms with Gasteiger partial charge in [-0.05, 0) is 217 Å². The third-order valence-corrected chi connectivity index (χ3v) is 32.7. The summed E-state index contributed by atoms with van der Waals surface area (Å²) in [5, 5.41) is 0.374. The molecule has 3 aliphatic heterocycles. The van der Waals surface area contributed by atoms with Crippen molar-refractivity contribution in [2.75, 3.05) is 39.6 Å². The Bertz CT molecular complexity index is 6010. The molecule has 0 unspecified atom stereocenters. The van der Waals surface area contributed by atoms with E-state index in [1.165, 1.54) is 49.9 Å². The van der Waals surface area contributed by atoms with Gasteiger partial charge in [-0.2, -0.15) is 0 Å². The average molecular weight is 1780 g/mol. The van der Waals surface area contributed by atoms with Gasteiger partial charge in [0.2, 0.25) is 0 Å². The van der Waals surface area contributed by atoms with Crippen LogP contribution in [-0.2, 0) is 73.5 Å². The number of fused-ring (bicyclic) bond motifs is 10. The predicted molar refractivity (Wildman–Crippen MR) is 495 cm³/mol. The van der Waals surface area contributed by atoms with E-state index < -0.39 is 22.8 Å². The van der Waals surface area contributed by atoms with E-state index in [1.54, 1.807) is 60.8 Å². The van der Waals surface area contributed by atoms with Crippen molar-refractivity contribution in [3.8, 4) is 67.9 Å². The first-order valence-electron chi connectivity index (χ1n) is 46.7. The van der Waals surface area contributed by atoms with Crippen LogP contribution in [0.15, 0.2) is 158 Å². The highest BCUT2D eigenvalue weighted by Crippen LogP contribution is 2.62. The number of pyridine rings is 3. The predicted octanol–water partition coefficient (Wildman–Crippen LogP) is 23.9. The highest BCUT2D eigenvalue weighted by molar-refractivity contribution is 6.29. The third-order valence-electron chi connectivity index (χ3n) is 32.4. The summed E-state index contributed by atoms with van der Waals surface area (Å²) in [5.41, 5.74) is 15.1. The molecular weight excluding hydrogens is 1660 g/mol. The van der Waals surface area contributed by atoms with Gasteiger partial charge in [0.05, 0.1) is 73.8 Å². The maximum atomic E-state index is 15.1. The van der Waals surface area contributed by atoms with Gasteiger partial charge in [0.1, 0.15) is 34.2 Å². The molecule has 130 heavy (non-hydrogen) atoms. The molecule has 3 saturated heterocycles. The number of ether oxygens (including phenoxy) is 6. The lowest BCUT2D eigenvalue weighted by Gasteiger charge is -2.54. The zero-order valence-corrected chi connectivity index (χ0v) is 75.1. The van der Waals surface area contributed by atoms with Crippen LogP contribution in [0, 0.1) is 76.0 Å². The topological polar surface area (TPSA) is 206 Å². The van der Waals surface area contributed by atoms with Crippen molar-refractivity contribution in [3.05, 3.63) is 237 Å². The fourth-order valence-corrected chi connectivity index (χ4v) is 25.1. The number of Topliss-reactive ketones (excluding diaryl/α,β-unsaturated/α-hetero) is 2. The van der Waals surface area contributed by atoms with Crippen LogP contribution >= 0.6 is 11.6 Å². The van der Waals surface area contributed by atoms with Gasteiger partial charge in [-0.15, -0.1) is 0 Å². The number of ketones is 2. The second-order valence-corrected chi connectivity index (χ2v) is 39.8. The molecule has 0 radical (unpaired) electrons. The van der Waals surface area contributed by atoms with Crippen LogP contribution in [0.3, 0.4) is 0 Å². The van der Waals surface area contributed by atoms with Crippen molar-refractivity contribution in [2.24, 2.45) is 52.8 Å². The fourth-order valence-electron chi connectivity index (χ4n) is 24.9. The first kappa shape index (κ1) is 90.9. The standard InChI is InChI=1S/C30H32FN3O2.C28H28FN3O.C27H27ClFN3O2.C21H25FO3.2CH4/c1-18-23-10-9-22-26(21-5-3-4-6-24(21)31)33-28(20-11-14-32-25(17-20)19-7-8-19)34-27(22)29(23,2)12-13-30(18)35-15-16-36-30;1-16-21-10-9-20-25(19-5-3-4-6-22(19)29)31-27(18-12-14-30-23(15-18)17-7-8-17)32-26(20)28(21,2)13-11-24(16)33;1-16-20-8-7-19-23(18-5-3-4-6-21(18)29)31-25(17-9-12-30-22(28)15-17)32-24(19)26(20,2)10-11-27(16)33-13-14-34-27;1-14-17-8-7-16(13-15-5-3-4-6-18(15)22)19(23)20(17,2)9-10-21(14)24-11-12-25-21;;/h3-6,11,14,17-19,23H,7-10,12-13,15-16H2,1-2H3;3-6,12,14-17,21H,7-11,13H2,1-2H3;3-6,9,12,15-16,20H,7-8,10-11,13-14H2,1-2H3;3-6,13-14,17H,7-12H2,1-2H3;2*1H4/b;;;16-13+;;/t18-,23-,29-;16-,21-,28-;16-,20-,26-;14-,17-,20-;;/m1111../s1. The van der Waals surface area contributed by atoms with Gasteiger partial charge in [-0.1, -0.05) is 136 Å². The Morgan fingerprint density at radius 2 is 0.723 bits per heavy atom. The Morgan fingerprint density at radius 1 is 0.377 bits per heavy atom. The molecule has 9 heterocycles. The third kappa shape index (κ3) is 16.1. The van der Waals surface area contributed by atoms with E-state index in [4.69, 9.17) is 69.9 Å². The van der Waals surface area contributed by atoms with Crippen LogP contribution in [0.2, 0.25) is 5.15 Å². The zero-order chi connectivity index (χ0) is 88.4. The molecule has 12 atom stereocenters. The number of nitrogens with zero attached hydrogens (tertiary/aromatic N) is 9. The van der Waals surface area contributed by atoms with E-state index in [2.05, 4.69) is 82.5 Å². The van der Waals surface area contributed by atoms with Crippen LogP contribution < -0.4 is 0 Å². The molecule has 7 saturated carbocycles. The number of carbonyl (C=O) groups excluding carboxylic acids is 2. The summed E-state index contributed by atoms with van der Waals surface area (Å²) in [4.78, 5) is 69.6. The Kier molecular flexibility index (Phi) is 25.0. The van der Waals surface area contributed by atoms with Crippen molar-refractivity contribution in [3.63, 3.8) is 0 Å². The van der Waals surface area contributed by atoms with Crippen molar-refractivity contribution in [1.29, 1.82) is 0 Å². The average Bonchev–Trinajstić information content (AvgIpc) is 1.19. The van der Waals surface area contributed by atoms with E-state index in [0.29, 0.717) is 138 Å². The second-order valence-electron chi connectivity index (χ2n) is 39.4. The molecule has 23 rings (SSSR count). The summed E-state index contributed by atoms with van der Waals surface area (Å²) >= 11 is 6.19. The fraction of sp³-hybridized carbons (Fsp3) is 0.491. The second kappa shape index (κ2) is 35.8. The number of carbonyl (C=O) groups is 2. The molecule has 4 aromatic carbocycles. The highest BCUT2D eigenvalue weighted by atomic mass is 35.5. The van der Waals surface area contributed by atoms with Gasteiger partial charge in [-0.25, -0.2) is 52.4 Å². The van der Waals surface area contributed by atoms with E-state index in [-0.39, 0.29) is 95.7 Å². The Labute approximate surface area is 766 Å². The van der Waals surface area contributed by atoms with Gasteiger partial charge < -0.3 is 28.4 Å². The normalized spacial score (nSPS) is 28.8. The minimum Gasteiger partial charge on any atom is -0.347 e. The molecule has 0 bridgehead atoms. The SMILES string of the molecule is C.C.C[C@@H]1[C@H]2CC/C(=C\c3ccccc3F)C(=O)[C@]2(C)CCC12OCCO2.C[C@@H]1[C@H]2CCc3c(-c4ccccc4F)nc(-c4ccnc(C5CC5)c4)nc3[C@]2(C)CCC12OCCO2.C[C@@H]1[C@H]2CCc3c(-c4ccccc4F)nc(-c4ccnc(Cl)c4)nc3[C@]2(C)CCC12OCCO2.C[C@H]1C(=O)CC[C@@]2(C)c3nc(-c4ccnc(C5CC5)c4)nc(-c4ccccc4F)c3CC[C@H]12. The molecular formula is C108H120ClF4N9O8. The number of rotatable bonds is 9. The molecule has 10 aromatic rings. The van der Waals surface area contributed by atoms with Crippen LogP contribution in [0.25, 0.3) is 74.0 Å². The van der Waals surface area contributed by atoms with E-state index >= 15 is 8.78 Å². The molecule has 22 heteroatoms.